The highest BCUT2D eigenvalue weighted by atomic mass is 79.9. The summed E-state index contributed by atoms with van der Waals surface area (Å²) in [5, 5.41) is 3.39. The van der Waals surface area contributed by atoms with Gasteiger partial charge in [-0.15, -0.1) is 0 Å². The Morgan fingerprint density at radius 3 is 3.25 bits per heavy atom. The van der Waals surface area contributed by atoms with Crippen molar-refractivity contribution >= 4 is 27.7 Å². The molecule has 0 spiro atoms. The third-order valence-corrected chi connectivity index (χ3v) is 5.01. The van der Waals surface area contributed by atoms with Crippen LogP contribution in [0.25, 0.3) is 0 Å². The Bertz CT molecular complexity index is 436. The van der Waals surface area contributed by atoms with Crippen LogP contribution in [-0.2, 0) is 12.2 Å². The highest BCUT2D eigenvalue weighted by Gasteiger charge is 2.28. The zero-order chi connectivity index (χ0) is 11.1. The molecule has 2 aliphatic rings. The highest BCUT2D eigenvalue weighted by Crippen LogP contribution is 2.44. The van der Waals surface area contributed by atoms with Crippen LogP contribution in [0.5, 0.6) is 5.75 Å². The molecule has 0 fully saturated rings. The Morgan fingerprint density at radius 2 is 2.44 bits per heavy atom. The van der Waals surface area contributed by atoms with E-state index in [-0.39, 0.29) is 0 Å². The van der Waals surface area contributed by atoms with Crippen molar-refractivity contribution in [2.24, 2.45) is 0 Å². The first-order chi connectivity index (χ1) is 7.81. The molecule has 4 heteroatoms. The highest BCUT2D eigenvalue weighted by molar-refractivity contribution is 9.10. The van der Waals surface area contributed by atoms with Gasteiger partial charge in [0, 0.05) is 34.0 Å². The molecule has 1 N–H and O–H groups in total. The lowest BCUT2D eigenvalue weighted by Crippen LogP contribution is -2.24. The molecule has 86 valence electrons. The quantitative estimate of drug-likeness (QED) is 0.861. The van der Waals surface area contributed by atoms with Crippen molar-refractivity contribution in [2.75, 3.05) is 19.4 Å². The molecule has 1 aromatic rings. The lowest BCUT2D eigenvalue weighted by molar-refractivity contribution is 0.353. The van der Waals surface area contributed by atoms with Crippen molar-refractivity contribution < 1.29 is 4.74 Å². The van der Waals surface area contributed by atoms with E-state index in [9.17, 15) is 0 Å². The molecule has 1 unspecified atom stereocenters. The summed E-state index contributed by atoms with van der Waals surface area (Å²) in [6.45, 7) is 0.840. The van der Waals surface area contributed by atoms with E-state index >= 15 is 0 Å². The van der Waals surface area contributed by atoms with Crippen molar-refractivity contribution in [2.45, 2.75) is 18.2 Å². The first-order valence-electron chi connectivity index (χ1n) is 5.53. The number of halogens is 1. The molecule has 2 aliphatic heterocycles. The molecular formula is C12H14BrNOS. The molecular weight excluding hydrogens is 286 g/mol. The van der Waals surface area contributed by atoms with Gasteiger partial charge in [0.2, 0.25) is 0 Å². The van der Waals surface area contributed by atoms with Gasteiger partial charge in [0.1, 0.15) is 5.75 Å². The molecule has 2 heterocycles. The molecule has 16 heavy (non-hydrogen) atoms. The third-order valence-electron chi connectivity index (χ3n) is 3.29. The summed E-state index contributed by atoms with van der Waals surface area (Å²) in [6.07, 6.45) is 1.05. The minimum atomic E-state index is 0.442. The van der Waals surface area contributed by atoms with Crippen LogP contribution >= 0.6 is 27.7 Å². The summed E-state index contributed by atoms with van der Waals surface area (Å²) in [5.41, 5.74) is 4.17. The summed E-state index contributed by atoms with van der Waals surface area (Å²) in [4.78, 5) is 0. The van der Waals surface area contributed by atoms with E-state index < -0.39 is 0 Å². The zero-order valence-corrected chi connectivity index (χ0v) is 11.6. The average Bonchev–Trinajstić information content (AvgIpc) is 2.76. The van der Waals surface area contributed by atoms with E-state index in [1.54, 1.807) is 0 Å². The number of thioether (sulfide) groups is 1. The number of fused-ring (bicyclic) bond motifs is 3. The number of benzene rings is 1. The fraction of sp³-hybridized carbons (Fsp3) is 0.500. The first-order valence-corrected chi connectivity index (χ1v) is 7.48. The maximum Gasteiger partial charge on any atom is 0.127 e. The Kier molecular flexibility index (Phi) is 2.90. The minimum Gasteiger partial charge on any atom is -0.493 e. The number of rotatable bonds is 1. The van der Waals surface area contributed by atoms with Crippen LogP contribution in [0.4, 0.5) is 0 Å². The van der Waals surface area contributed by atoms with Crippen molar-refractivity contribution in [3.05, 3.63) is 27.2 Å². The number of ether oxygens (including phenoxy) is 1. The molecule has 3 rings (SSSR count). The fourth-order valence-electron chi connectivity index (χ4n) is 2.49. The fourth-order valence-corrected chi connectivity index (χ4v) is 4.46. The van der Waals surface area contributed by atoms with Crippen LogP contribution in [0, 0.1) is 0 Å². The van der Waals surface area contributed by atoms with Crippen LogP contribution in [0.3, 0.4) is 0 Å². The molecule has 0 aliphatic carbocycles. The van der Waals surface area contributed by atoms with E-state index in [0.29, 0.717) is 6.04 Å². The van der Waals surface area contributed by atoms with Crippen LogP contribution < -0.4 is 10.1 Å². The normalized spacial score (nSPS) is 22.5. The topological polar surface area (TPSA) is 21.3 Å². The second-order valence-electron chi connectivity index (χ2n) is 4.19. The molecule has 2 nitrogen and oxygen atoms in total. The van der Waals surface area contributed by atoms with E-state index in [1.165, 1.54) is 21.2 Å². The average molecular weight is 300 g/mol. The van der Waals surface area contributed by atoms with Crippen molar-refractivity contribution in [1.82, 2.24) is 5.32 Å². The lowest BCUT2D eigenvalue weighted by Gasteiger charge is -2.27. The minimum absolute atomic E-state index is 0.442. The molecule has 0 saturated heterocycles. The van der Waals surface area contributed by atoms with Crippen LogP contribution in [0.15, 0.2) is 10.5 Å². The smallest absolute Gasteiger partial charge is 0.127 e. The maximum absolute atomic E-state index is 5.78. The van der Waals surface area contributed by atoms with Crippen molar-refractivity contribution in [3.8, 4) is 5.75 Å². The van der Waals surface area contributed by atoms with Crippen LogP contribution in [0.1, 0.15) is 22.7 Å². The van der Waals surface area contributed by atoms with Gasteiger partial charge >= 0.3 is 0 Å². The van der Waals surface area contributed by atoms with Gasteiger partial charge in [-0.05, 0) is 24.2 Å². The Hall–Kier alpha value is -0.190. The third kappa shape index (κ3) is 1.59. The van der Waals surface area contributed by atoms with Gasteiger partial charge < -0.3 is 10.1 Å². The van der Waals surface area contributed by atoms with Crippen LogP contribution in [-0.4, -0.2) is 19.4 Å². The molecule has 1 atom stereocenters. The Balaban J connectivity index is 2.19. The number of hydrogen-bond acceptors (Lipinski definition) is 3. The molecule has 1 aromatic carbocycles. The standard InChI is InChI=1S/C12H14BrNOS/c1-14-10-6-16-5-8-11(10)9(13)4-7-2-3-15-12(7)8/h4,10,14H,2-3,5-6H2,1H3. The molecule has 0 radical (unpaired) electrons. The summed E-state index contributed by atoms with van der Waals surface area (Å²) in [7, 11) is 2.03. The van der Waals surface area contributed by atoms with Crippen molar-refractivity contribution in [1.29, 1.82) is 0 Å². The summed E-state index contributed by atoms with van der Waals surface area (Å²) in [6, 6.07) is 2.68. The summed E-state index contributed by atoms with van der Waals surface area (Å²) < 4.78 is 7.02. The summed E-state index contributed by atoms with van der Waals surface area (Å²) in [5.74, 6) is 3.38. The van der Waals surface area contributed by atoms with Gasteiger partial charge in [0.15, 0.2) is 0 Å². The Labute approximate surface area is 108 Å². The first kappa shape index (κ1) is 10.9. The van der Waals surface area contributed by atoms with Gasteiger partial charge in [-0.25, -0.2) is 0 Å². The second kappa shape index (κ2) is 4.24. The Morgan fingerprint density at radius 1 is 1.56 bits per heavy atom. The van der Waals surface area contributed by atoms with Gasteiger partial charge in [-0.2, -0.15) is 11.8 Å². The molecule has 0 saturated carbocycles. The molecule has 0 aromatic heterocycles. The number of hydrogen-bond donors (Lipinski definition) is 1. The van der Waals surface area contributed by atoms with Crippen LogP contribution in [0.2, 0.25) is 0 Å². The van der Waals surface area contributed by atoms with E-state index in [4.69, 9.17) is 4.74 Å². The second-order valence-corrected chi connectivity index (χ2v) is 6.08. The molecule has 0 amide bonds. The number of nitrogens with one attached hydrogen (secondary N) is 1. The van der Waals surface area contributed by atoms with E-state index in [0.717, 1.165) is 30.3 Å². The van der Waals surface area contributed by atoms with E-state index in [2.05, 4.69) is 27.3 Å². The molecule has 0 bridgehead atoms. The monoisotopic (exact) mass is 299 g/mol. The van der Waals surface area contributed by atoms with E-state index in [1.807, 2.05) is 18.8 Å². The zero-order valence-electron chi connectivity index (χ0n) is 9.18. The van der Waals surface area contributed by atoms with Gasteiger partial charge in [0.05, 0.1) is 6.61 Å². The predicted molar refractivity (Wildman–Crippen MR) is 71.3 cm³/mol. The SMILES string of the molecule is CNC1CSCc2c3c(cc(Br)c21)CCO3. The lowest BCUT2D eigenvalue weighted by atomic mass is 9.97. The largest absolute Gasteiger partial charge is 0.493 e. The van der Waals surface area contributed by atoms with Crippen molar-refractivity contribution in [3.63, 3.8) is 0 Å². The maximum atomic E-state index is 5.78. The van der Waals surface area contributed by atoms with Gasteiger partial charge in [0.25, 0.3) is 0 Å². The predicted octanol–water partition coefficient (Wildman–Crippen LogP) is 2.89. The van der Waals surface area contributed by atoms with Gasteiger partial charge in [-0.3, -0.25) is 0 Å². The van der Waals surface area contributed by atoms with Gasteiger partial charge in [-0.1, -0.05) is 15.9 Å². The summed E-state index contributed by atoms with van der Waals surface area (Å²) >= 11 is 5.69.